The van der Waals surface area contributed by atoms with Gasteiger partial charge in [-0.1, -0.05) is 11.6 Å². The van der Waals surface area contributed by atoms with Gasteiger partial charge >= 0.3 is 11.9 Å². The topological polar surface area (TPSA) is 68.5 Å². The van der Waals surface area contributed by atoms with Gasteiger partial charge in [-0.3, -0.25) is 4.79 Å². The van der Waals surface area contributed by atoms with Gasteiger partial charge in [0.25, 0.3) is 0 Å². The van der Waals surface area contributed by atoms with Gasteiger partial charge in [-0.05, 0) is 0 Å². The number of aldehydes is 1. The lowest BCUT2D eigenvalue weighted by molar-refractivity contribution is -0.130. The van der Waals surface area contributed by atoms with Crippen molar-refractivity contribution < 1.29 is 28.2 Å². The zero-order valence-corrected chi connectivity index (χ0v) is 10.7. The molecule has 0 amide bonds. The molecule has 0 bridgehead atoms. The Morgan fingerprint density at radius 2 is 2.06 bits per heavy atom. The van der Waals surface area contributed by atoms with Crippen LogP contribution in [0.25, 0.3) is 0 Å². The van der Waals surface area contributed by atoms with Crippen LogP contribution in [0.15, 0.2) is 6.20 Å². The van der Waals surface area contributed by atoms with Crippen LogP contribution < -0.4 is 0 Å². The second-order valence-electron chi connectivity index (χ2n) is 3.05. The van der Waals surface area contributed by atoms with Gasteiger partial charge in [0.1, 0.15) is 5.69 Å². The first-order valence-corrected chi connectivity index (χ1v) is 4.95. The molecular weight excluding hydrogens is 272 g/mol. The average Bonchev–Trinajstić information content (AvgIpc) is 2.67. The van der Waals surface area contributed by atoms with Crippen LogP contribution in [0.1, 0.15) is 16.1 Å². The Morgan fingerprint density at radius 3 is 2.44 bits per heavy atom. The number of hydrogen-bond donors (Lipinski definition) is 1. The molecule has 8 heteroatoms. The van der Waals surface area contributed by atoms with Crippen molar-refractivity contribution >= 4 is 23.9 Å². The van der Waals surface area contributed by atoms with Crippen LogP contribution in [0.5, 0.6) is 0 Å². The molecule has 0 aromatic carbocycles. The molecule has 1 aromatic heterocycles. The molecule has 5 nitrogen and oxygen atoms in total. The van der Waals surface area contributed by atoms with E-state index >= 15 is 0 Å². The molecule has 1 N–H and O–H groups in total. The van der Waals surface area contributed by atoms with E-state index in [0.29, 0.717) is 0 Å². The first-order valence-electron chi connectivity index (χ1n) is 4.57. The van der Waals surface area contributed by atoms with E-state index in [-0.39, 0.29) is 5.69 Å². The lowest BCUT2D eigenvalue weighted by Crippen LogP contribution is -2.14. The van der Waals surface area contributed by atoms with E-state index in [1.807, 2.05) is 0 Å². The number of aliphatic hydroxyl groups is 1. The summed E-state index contributed by atoms with van der Waals surface area (Å²) < 4.78 is 31.6. The number of alkyl halides is 2. The highest BCUT2D eigenvalue weighted by Gasteiger charge is 2.37. The van der Waals surface area contributed by atoms with E-state index in [0.717, 1.165) is 25.0 Å². The van der Waals surface area contributed by atoms with E-state index < -0.39 is 28.8 Å². The Labute approximate surface area is 107 Å². The smallest absolute Gasteiger partial charge is 0.356 e. The predicted molar refractivity (Wildman–Crippen MR) is 59.9 cm³/mol. The molecule has 0 radical (unpaired) electrons. The van der Waals surface area contributed by atoms with E-state index in [1.54, 1.807) is 0 Å². The van der Waals surface area contributed by atoms with E-state index in [2.05, 4.69) is 4.74 Å². The maximum Gasteiger partial charge on any atom is 0.356 e. The molecule has 0 fully saturated rings. The fourth-order valence-corrected chi connectivity index (χ4v) is 1.61. The number of nitrogens with zero attached hydrogens (tertiary/aromatic N) is 1. The summed E-state index contributed by atoms with van der Waals surface area (Å²) >= 11 is 5.61. The molecule has 0 atom stereocenters. The van der Waals surface area contributed by atoms with Gasteiger partial charge in [0.15, 0.2) is 6.29 Å². The van der Waals surface area contributed by atoms with Crippen LogP contribution in [-0.2, 0) is 22.5 Å². The molecule has 0 aliphatic carbocycles. The maximum atomic E-state index is 13.1. The standard InChI is InChI=1S/C9H8ClF2NO3.CH4O/c1-13-3-5(9(11,12)4-14)6(10)7(13)8(15)16-2;1-2/h3-4H,1-2H3;2H,1H3. The molecule has 18 heavy (non-hydrogen) atoms. The van der Waals surface area contributed by atoms with E-state index in [4.69, 9.17) is 16.7 Å². The summed E-state index contributed by atoms with van der Waals surface area (Å²) in [5, 5.41) is 6.52. The van der Waals surface area contributed by atoms with Crippen molar-refractivity contribution in [1.29, 1.82) is 0 Å². The second-order valence-corrected chi connectivity index (χ2v) is 3.43. The Kier molecular flexibility index (Phi) is 5.93. The third kappa shape index (κ3) is 3.05. The Morgan fingerprint density at radius 1 is 1.56 bits per heavy atom. The number of hydrogen-bond acceptors (Lipinski definition) is 4. The lowest BCUT2D eigenvalue weighted by atomic mass is 10.2. The average molecular weight is 284 g/mol. The molecule has 0 saturated heterocycles. The van der Waals surface area contributed by atoms with Crippen LogP contribution in [0, 0.1) is 0 Å². The summed E-state index contributed by atoms with van der Waals surface area (Å²) in [5.41, 5.74) is -0.937. The normalized spacial score (nSPS) is 10.4. The number of rotatable bonds is 3. The minimum absolute atomic E-state index is 0.222. The largest absolute Gasteiger partial charge is 0.464 e. The predicted octanol–water partition coefficient (Wildman–Crippen LogP) is 1.36. The fraction of sp³-hybridized carbons (Fsp3) is 0.400. The molecule has 0 aliphatic rings. The van der Waals surface area contributed by atoms with Gasteiger partial charge in [-0.2, -0.15) is 8.78 Å². The molecule has 1 rings (SSSR count). The quantitative estimate of drug-likeness (QED) is 0.672. The van der Waals surface area contributed by atoms with Crippen LogP contribution in [0.2, 0.25) is 5.02 Å². The zero-order valence-electron chi connectivity index (χ0n) is 9.91. The van der Waals surface area contributed by atoms with Gasteiger partial charge in [0.05, 0.1) is 17.7 Å². The van der Waals surface area contributed by atoms with E-state index in [1.165, 1.54) is 7.05 Å². The molecule has 1 aromatic rings. The SMILES string of the molecule is CO.COC(=O)c1c(Cl)c(C(F)(F)C=O)cn1C. The van der Waals surface area contributed by atoms with Crippen molar-refractivity contribution in [1.82, 2.24) is 4.57 Å². The summed E-state index contributed by atoms with van der Waals surface area (Å²) in [6.07, 6.45) is 0.387. The van der Waals surface area contributed by atoms with Crippen molar-refractivity contribution in [2.45, 2.75) is 5.92 Å². The number of carbonyl (C=O) groups excluding carboxylic acids is 2. The molecule has 0 saturated carbocycles. The highest BCUT2D eigenvalue weighted by molar-refractivity contribution is 6.34. The highest BCUT2D eigenvalue weighted by atomic mass is 35.5. The van der Waals surface area contributed by atoms with Crippen LogP contribution >= 0.6 is 11.6 Å². The van der Waals surface area contributed by atoms with Crippen LogP contribution in [-0.4, -0.2) is 36.1 Å². The Hall–Kier alpha value is -1.47. The highest BCUT2D eigenvalue weighted by Crippen LogP contribution is 2.35. The summed E-state index contributed by atoms with van der Waals surface area (Å²) in [6, 6.07) is 0. The number of methoxy groups -OCH3 is 1. The first-order chi connectivity index (χ1) is 8.35. The van der Waals surface area contributed by atoms with Gasteiger partial charge < -0.3 is 14.4 Å². The Balaban J connectivity index is 0.00000137. The van der Waals surface area contributed by atoms with Gasteiger partial charge in [0.2, 0.25) is 0 Å². The van der Waals surface area contributed by atoms with Crippen molar-refractivity contribution in [3.63, 3.8) is 0 Å². The number of carbonyl (C=O) groups is 2. The minimum Gasteiger partial charge on any atom is -0.464 e. The first kappa shape index (κ1) is 16.5. The third-order valence-electron chi connectivity index (χ3n) is 2.01. The number of aryl methyl sites for hydroxylation is 1. The monoisotopic (exact) mass is 283 g/mol. The maximum absolute atomic E-state index is 13.1. The minimum atomic E-state index is -3.72. The van der Waals surface area contributed by atoms with Crippen molar-refractivity contribution in [2.24, 2.45) is 7.05 Å². The van der Waals surface area contributed by atoms with E-state index in [9.17, 15) is 18.4 Å². The summed E-state index contributed by atoms with van der Waals surface area (Å²) in [4.78, 5) is 21.4. The second kappa shape index (κ2) is 6.46. The van der Waals surface area contributed by atoms with Crippen molar-refractivity contribution in [3.8, 4) is 0 Å². The van der Waals surface area contributed by atoms with Crippen molar-refractivity contribution in [2.75, 3.05) is 14.2 Å². The number of aromatic nitrogens is 1. The van der Waals surface area contributed by atoms with Gasteiger partial charge in [-0.25, -0.2) is 4.79 Å². The molecule has 0 unspecified atom stereocenters. The third-order valence-corrected chi connectivity index (χ3v) is 2.39. The van der Waals surface area contributed by atoms with Crippen LogP contribution in [0.3, 0.4) is 0 Å². The van der Waals surface area contributed by atoms with Crippen molar-refractivity contribution in [3.05, 3.63) is 22.5 Å². The van der Waals surface area contributed by atoms with Crippen LogP contribution in [0.4, 0.5) is 8.78 Å². The lowest BCUT2D eigenvalue weighted by Gasteiger charge is -2.06. The number of esters is 1. The molecule has 0 spiro atoms. The van der Waals surface area contributed by atoms with Gasteiger partial charge in [-0.15, -0.1) is 0 Å². The molecule has 102 valence electrons. The zero-order chi connectivity index (χ0) is 14.5. The summed E-state index contributed by atoms with van der Waals surface area (Å²) in [7, 11) is 3.45. The molecular formula is C10H12ClF2NO4. The molecule has 0 aliphatic heterocycles. The molecule has 1 heterocycles. The fourth-order valence-electron chi connectivity index (χ4n) is 1.22. The number of halogens is 3. The summed E-state index contributed by atoms with van der Waals surface area (Å²) in [5.74, 6) is -4.57. The Bertz CT molecular complexity index is 445. The number of aliphatic hydroxyl groups excluding tert-OH is 1. The van der Waals surface area contributed by atoms with Gasteiger partial charge in [0, 0.05) is 20.4 Å². The summed E-state index contributed by atoms with van der Waals surface area (Å²) in [6.45, 7) is 0. The number of ether oxygens (including phenoxy) is 1.